The van der Waals surface area contributed by atoms with Crippen molar-refractivity contribution in [1.29, 1.82) is 0 Å². The van der Waals surface area contributed by atoms with E-state index in [4.69, 9.17) is 4.74 Å². The molecule has 0 aliphatic carbocycles. The fourth-order valence-electron chi connectivity index (χ4n) is 2.34. The second-order valence-corrected chi connectivity index (χ2v) is 8.80. The monoisotopic (exact) mass is 412 g/mol. The Bertz CT molecular complexity index is 891. The molecule has 1 aromatic heterocycles. The van der Waals surface area contributed by atoms with Gasteiger partial charge in [-0.3, -0.25) is 4.72 Å². The van der Waals surface area contributed by atoms with Gasteiger partial charge in [-0.1, -0.05) is 13.8 Å². The van der Waals surface area contributed by atoms with Gasteiger partial charge in [-0.2, -0.15) is 0 Å². The Morgan fingerprint density at radius 1 is 1.22 bits per heavy atom. The van der Waals surface area contributed by atoms with E-state index in [0.717, 1.165) is 30.0 Å². The Kier molecular flexibility index (Phi) is 7.09. The first-order valence-electron chi connectivity index (χ1n) is 8.39. The van der Waals surface area contributed by atoms with Gasteiger partial charge in [-0.25, -0.2) is 13.2 Å². The normalized spacial score (nSPS) is 11.3. The predicted octanol–water partition coefficient (Wildman–Crippen LogP) is 3.80. The van der Waals surface area contributed by atoms with E-state index in [1.807, 2.05) is 0 Å². The highest BCUT2D eigenvalue weighted by Crippen LogP contribution is 2.31. The summed E-state index contributed by atoms with van der Waals surface area (Å²) in [6.07, 6.45) is 1.02. The minimum absolute atomic E-state index is 0.0240. The molecule has 0 aliphatic rings. The molecule has 2 aromatic rings. The Hall–Kier alpha value is -2.26. The van der Waals surface area contributed by atoms with E-state index in [0.29, 0.717) is 11.7 Å². The highest BCUT2D eigenvalue weighted by molar-refractivity contribution is 7.93. The smallest absolute Gasteiger partial charge is 0.349 e. The lowest BCUT2D eigenvalue weighted by Gasteiger charge is -2.14. The van der Waals surface area contributed by atoms with Crippen LogP contribution in [0.5, 0.6) is 5.75 Å². The summed E-state index contributed by atoms with van der Waals surface area (Å²) in [4.78, 5) is 11.7. The zero-order valence-corrected chi connectivity index (χ0v) is 17.4. The van der Waals surface area contributed by atoms with Crippen LogP contribution in [0.3, 0.4) is 0 Å². The molecule has 0 amide bonds. The van der Waals surface area contributed by atoms with Crippen molar-refractivity contribution in [2.24, 2.45) is 5.92 Å². The maximum atomic E-state index is 12.7. The van der Waals surface area contributed by atoms with Gasteiger partial charge >= 0.3 is 5.97 Å². The van der Waals surface area contributed by atoms with Crippen LogP contribution < -0.4 is 14.8 Å². The lowest BCUT2D eigenvalue weighted by molar-refractivity contribution is 0.0602. The number of nitrogens with one attached hydrogen (secondary N) is 2. The Balaban J connectivity index is 2.23. The third-order valence-electron chi connectivity index (χ3n) is 3.79. The first-order chi connectivity index (χ1) is 12.8. The third-order valence-corrected chi connectivity index (χ3v) is 6.22. The number of carbonyl (C=O) groups is 1. The number of hydrogen-bond donors (Lipinski definition) is 2. The predicted molar refractivity (Wildman–Crippen MR) is 107 cm³/mol. The van der Waals surface area contributed by atoms with Crippen LogP contribution in [0.15, 0.2) is 34.5 Å². The second kappa shape index (κ2) is 9.09. The molecule has 0 aliphatic heterocycles. The van der Waals surface area contributed by atoms with Crippen molar-refractivity contribution in [3.8, 4) is 5.75 Å². The van der Waals surface area contributed by atoms with Crippen LogP contribution in [-0.4, -0.2) is 35.2 Å². The molecule has 0 atom stereocenters. The quantitative estimate of drug-likeness (QED) is 0.609. The zero-order chi connectivity index (χ0) is 20.0. The molecule has 0 unspecified atom stereocenters. The summed E-state index contributed by atoms with van der Waals surface area (Å²) in [5, 5.41) is 4.81. The maximum absolute atomic E-state index is 12.7. The summed E-state index contributed by atoms with van der Waals surface area (Å²) < 4.78 is 37.9. The summed E-state index contributed by atoms with van der Waals surface area (Å²) in [5.74, 6) is 0.269. The number of carbonyl (C=O) groups excluding carboxylic acids is 1. The van der Waals surface area contributed by atoms with Gasteiger partial charge in [-0.05, 0) is 35.9 Å². The standard InChI is InChI=1S/C18H24N2O5S2/c1-12(2)7-9-19-13-5-6-14(15(11-13)24-3)20-27(22,23)16-8-10-26-17(16)18(21)25-4/h5-6,8,10-12,19-20H,7,9H2,1-4H3. The number of ether oxygens (including phenoxy) is 2. The second-order valence-electron chi connectivity index (χ2n) is 6.24. The average Bonchev–Trinajstić information content (AvgIpc) is 3.12. The summed E-state index contributed by atoms with van der Waals surface area (Å²) in [5.41, 5.74) is 1.12. The van der Waals surface area contributed by atoms with Crippen molar-refractivity contribution in [1.82, 2.24) is 0 Å². The molecule has 7 nitrogen and oxygen atoms in total. The molecule has 9 heteroatoms. The molecule has 148 valence electrons. The van der Waals surface area contributed by atoms with E-state index < -0.39 is 16.0 Å². The lowest BCUT2D eigenvalue weighted by atomic mass is 10.1. The highest BCUT2D eigenvalue weighted by Gasteiger charge is 2.25. The molecular weight excluding hydrogens is 388 g/mol. The van der Waals surface area contributed by atoms with Crippen LogP contribution >= 0.6 is 11.3 Å². The summed E-state index contributed by atoms with van der Waals surface area (Å²) in [6, 6.07) is 6.49. The largest absolute Gasteiger partial charge is 0.494 e. The summed E-state index contributed by atoms with van der Waals surface area (Å²) >= 11 is 1.01. The highest BCUT2D eigenvalue weighted by atomic mass is 32.2. The van der Waals surface area contributed by atoms with E-state index in [2.05, 4.69) is 28.6 Å². The Labute approximate surface area is 163 Å². The van der Waals surface area contributed by atoms with Crippen molar-refractivity contribution in [3.63, 3.8) is 0 Å². The van der Waals surface area contributed by atoms with Gasteiger partial charge in [0.05, 0.1) is 19.9 Å². The van der Waals surface area contributed by atoms with E-state index >= 15 is 0 Å². The van der Waals surface area contributed by atoms with Gasteiger partial charge in [0.1, 0.15) is 15.5 Å². The number of thiophene rings is 1. The molecule has 0 fully saturated rings. The van der Waals surface area contributed by atoms with Gasteiger partial charge in [0.15, 0.2) is 0 Å². The number of benzene rings is 1. The lowest BCUT2D eigenvalue weighted by Crippen LogP contribution is -2.16. The first kappa shape index (κ1) is 21.0. The molecule has 0 radical (unpaired) electrons. The molecule has 0 saturated heterocycles. The number of sulfonamides is 1. The number of anilines is 2. The van der Waals surface area contributed by atoms with Gasteiger partial charge in [0.2, 0.25) is 0 Å². The molecule has 2 rings (SSSR count). The summed E-state index contributed by atoms with van der Waals surface area (Å²) in [6.45, 7) is 5.10. The molecule has 0 saturated carbocycles. The van der Waals surface area contributed by atoms with Crippen LogP contribution in [0, 0.1) is 5.92 Å². The number of esters is 1. The SMILES string of the molecule is COC(=O)c1sccc1S(=O)(=O)Nc1ccc(NCCC(C)C)cc1OC. The van der Waals surface area contributed by atoms with E-state index in [-0.39, 0.29) is 15.5 Å². The molecule has 0 bridgehead atoms. The fourth-order valence-corrected chi connectivity index (χ4v) is 4.75. The zero-order valence-electron chi connectivity index (χ0n) is 15.7. The number of rotatable bonds is 9. The van der Waals surface area contributed by atoms with Crippen LogP contribution in [-0.2, 0) is 14.8 Å². The maximum Gasteiger partial charge on any atom is 0.349 e. The van der Waals surface area contributed by atoms with Crippen molar-refractivity contribution >= 4 is 38.7 Å². The van der Waals surface area contributed by atoms with E-state index in [9.17, 15) is 13.2 Å². The molecular formula is C18H24N2O5S2. The average molecular weight is 413 g/mol. The van der Waals surface area contributed by atoms with Crippen LogP contribution in [0.2, 0.25) is 0 Å². The van der Waals surface area contributed by atoms with Gasteiger partial charge < -0.3 is 14.8 Å². The van der Waals surface area contributed by atoms with Crippen LogP contribution in [0.25, 0.3) is 0 Å². The van der Waals surface area contributed by atoms with Crippen molar-refractivity contribution in [2.45, 2.75) is 25.2 Å². The number of hydrogen-bond acceptors (Lipinski definition) is 7. The molecule has 1 heterocycles. The Morgan fingerprint density at radius 3 is 2.59 bits per heavy atom. The molecule has 1 aromatic carbocycles. The minimum atomic E-state index is -3.97. The van der Waals surface area contributed by atoms with Gasteiger partial charge in [0, 0.05) is 18.3 Å². The third kappa shape index (κ3) is 5.36. The fraction of sp³-hybridized carbons (Fsp3) is 0.389. The van der Waals surface area contributed by atoms with Crippen molar-refractivity contribution in [2.75, 3.05) is 30.8 Å². The van der Waals surface area contributed by atoms with Gasteiger partial charge in [0.25, 0.3) is 10.0 Å². The topological polar surface area (TPSA) is 93.7 Å². The minimum Gasteiger partial charge on any atom is -0.494 e. The molecule has 27 heavy (non-hydrogen) atoms. The summed E-state index contributed by atoms with van der Waals surface area (Å²) in [7, 11) is -1.29. The van der Waals surface area contributed by atoms with Gasteiger partial charge in [-0.15, -0.1) is 11.3 Å². The van der Waals surface area contributed by atoms with Crippen molar-refractivity contribution in [3.05, 3.63) is 34.5 Å². The number of methoxy groups -OCH3 is 2. The Morgan fingerprint density at radius 2 is 1.96 bits per heavy atom. The van der Waals surface area contributed by atoms with E-state index in [1.165, 1.54) is 25.7 Å². The van der Waals surface area contributed by atoms with E-state index in [1.54, 1.807) is 18.2 Å². The first-order valence-corrected chi connectivity index (χ1v) is 10.7. The van der Waals surface area contributed by atoms with Crippen LogP contribution in [0.1, 0.15) is 29.9 Å². The van der Waals surface area contributed by atoms with Crippen LogP contribution in [0.4, 0.5) is 11.4 Å². The molecule has 2 N–H and O–H groups in total. The molecule has 0 spiro atoms. The van der Waals surface area contributed by atoms with Crippen molar-refractivity contribution < 1.29 is 22.7 Å².